The summed E-state index contributed by atoms with van der Waals surface area (Å²) >= 11 is 3.61. The van der Waals surface area contributed by atoms with Gasteiger partial charge >= 0.3 is 0 Å². The molecular formula is C13H18BrFO. The molecule has 0 radical (unpaired) electrons. The number of hydrogen-bond donors (Lipinski definition) is 0. The van der Waals surface area contributed by atoms with E-state index in [1.165, 1.54) is 7.11 Å². The van der Waals surface area contributed by atoms with Crippen LogP contribution in [0.3, 0.4) is 0 Å². The molecule has 0 bridgehead atoms. The molecular weight excluding hydrogens is 271 g/mol. The molecule has 16 heavy (non-hydrogen) atoms. The number of ether oxygens (including phenoxy) is 1. The van der Waals surface area contributed by atoms with Gasteiger partial charge in [0, 0.05) is 4.83 Å². The van der Waals surface area contributed by atoms with Gasteiger partial charge in [-0.1, -0.05) is 41.9 Å². The Labute approximate surface area is 105 Å². The Balaban J connectivity index is 2.81. The topological polar surface area (TPSA) is 9.23 Å². The molecule has 0 heterocycles. The Kier molecular flexibility index (Phi) is 5.26. The first-order valence-corrected chi connectivity index (χ1v) is 6.47. The van der Waals surface area contributed by atoms with Crippen LogP contribution in [0.15, 0.2) is 18.2 Å². The van der Waals surface area contributed by atoms with Gasteiger partial charge in [0.1, 0.15) is 0 Å². The Bertz CT molecular complexity index is 341. The summed E-state index contributed by atoms with van der Waals surface area (Å²) in [7, 11) is 1.49. The average Bonchev–Trinajstić information content (AvgIpc) is 2.30. The molecule has 0 saturated carbocycles. The maximum Gasteiger partial charge on any atom is 0.168 e. The second kappa shape index (κ2) is 6.24. The second-order valence-electron chi connectivity index (χ2n) is 4.04. The number of alkyl halides is 1. The molecule has 0 spiro atoms. The van der Waals surface area contributed by atoms with Crippen molar-refractivity contribution in [2.75, 3.05) is 7.11 Å². The van der Waals surface area contributed by atoms with Crippen LogP contribution in [0.25, 0.3) is 0 Å². The van der Waals surface area contributed by atoms with E-state index in [0.29, 0.717) is 16.5 Å². The third-order valence-electron chi connectivity index (χ3n) is 2.81. The first-order chi connectivity index (χ1) is 7.60. The van der Waals surface area contributed by atoms with Gasteiger partial charge < -0.3 is 4.74 Å². The normalized spacial score (nSPS) is 14.6. The zero-order chi connectivity index (χ0) is 12.1. The summed E-state index contributed by atoms with van der Waals surface area (Å²) < 4.78 is 18.8. The van der Waals surface area contributed by atoms with E-state index in [4.69, 9.17) is 4.74 Å². The molecule has 90 valence electrons. The molecule has 0 aliphatic rings. The number of benzene rings is 1. The van der Waals surface area contributed by atoms with Crippen molar-refractivity contribution >= 4 is 15.9 Å². The molecule has 0 fully saturated rings. The van der Waals surface area contributed by atoms with Gasteiger partial charge in [-0.15, -0.1) is 0 Å². The summed E-state index contributed by atoms with van der Waals surface area (Å²) in [6.45, 7) is 4.25. The Hall–Kier alpha value is -0.570. The van der Waals surface area contributed by atoms with Crippen molar-refractivity contribution in [3.8, 4) is 5.75 Å². The van der Waals surface area contributed by atoms with E-state index in [0.717, 1.165) is 18.4 Å². The van der Waals surface area contributed by atoms with E-state index >= 15 is 0 Å². The van der Waals surface area contributed by atoms with Crippen molar-refractivity contribution in [2.24, 2.45) is 5.92 Å². The summed E-state index contributed by atoms with van der Waals surface area (Å²) in [5, 5.41) is 0. The lowest BCUT2D eigenvalue weighted by molar-refractivity contribution is 0.382. The lowest BCUT2D eigenvalue weighted by Crippen LogP contribution is -2.13. The molecule has 0 aliphatic carbocycles. The lowest BCUT2D eigenvalue weighted by atomic mass is 9.96. The van der Waals surface area contributed by atoms with E-state index in [-0.39, 0.29) is 5.82 Å². The molecule has 0 aliphatic heterocycles. The minimum atomic E-state index is -0.229. The van der Waals surface area contributed by atoms with Crippen molar-refractivity contribution in [2.45, 2.75) is 31.5 Å². The predicted octanol–water partition coefficient (Wildman–Crippen LogP) is 4.19. The van der Waals surface area contributed by atoms with Crippen molar-refractivity contribution < 1.29 is 9.13 Å². The summed E-state index contributed by atoms with van der Waals surface area (Å²) in [6.07, 6.45) is 1.78. The van der Waals surface area contributed by atoms with Gasteiger partial charge in [-0.2, -0.15) is 0 Å². The molecule has 1 nitrogen and oxygen atoms in total. The highest BCUT2D eigenvalue weighted by Gasteiger charge is 2.16. The Morgan fingerprint density at radius 3 is 2.69 bits per heavy atom. The third kappa shape index (κ3) is 3.21. The molecule has 3 heteroatoms. The smallest absolute Gasteiger partial charge is 0.168 e. The van der Waals surface area contributed by atoms with Crippen molar-refractivity contribution in [3.63, 3.8) is 0 Å². The summed E-state index contributed by atoms with van der Waals surface area (Å²) in [6, 6.07) is 5.30. The third-order valence-corrected chi connectivity index (χ3v) is 4.36. The highest BCUT2D eigenvalue weighted by molar-refractivity contribution is 9.09. The van der Waals surface area contributed by atoms with Gasteiger partial charge in [-0.05, 0) is 30.4 Å². The van der Waals surface area contributed by atoms with E-state index < -0.39 is 0 Å². The SMILES string of the molecule is CCC(Br)C(C)Cc1cccc(OC)c1F. The van der Waals surface area contributed by atoms with Crippen molar-refractivity contribution in [1.29, 1.82) is 0 Å². The first-order valence-electron chi connectivity index (χ1n) is 5.55. The molecule has 2 atom stereocenters. The molecule has 0 saturated heterocycles. The van der Waals surface area contributed by atoms with Gasteiger partial charge in [0.15, 0.2) is 11.6 Å². The van der Waals surface area contributed by atoms with E-state index in [1.54, 1.807) is 6.07 Å². The second-order valence-corrected chi connectivity index (χ2v) is 5.22. The fourth-order valence-corrected chi connectivity index (χ4v) is 1.94. The van der Waals surface area contributed by atoms with Gasteiger partial charge in [0.05, 0.1) is 7.11 Å². The number of halogens is 2. The fraction of sp³-hybridized carbons (Fsp3) is 0.538. The molecule has 1 rings (SSSR count). The molecule has 0 N–H and O–H groups in total. The fourth-order valence-electron chi connectivity index (χ4n) is 1.75. The standard InChI is InChI=1S/C13H18BrFO/c1-4-11(14)9(2)8-10-6-5-7-12(16-3)13(10)15/h5-7,9,11H,4,8H2,1-3H3. The molecule has 2 unspecified atom stereocenters. The summed E-state index contributed by atoms with van der Waals surface area (Å²) in [5.41, 5.74) is 0.727. The van der Waals surface area contributed by atoms with E-state index in [9.17, 15) is 4.39 Å². The first kappa shape index (κ1) is 13.5. The van der Waals surface area contributed by atoms with Gasteiger partial charge in [0.25, 0.3) is 0 Å². The van der Waals surface area contributed by atoms with Crippen LogP contribution in [0.1, 0.15) is 25.8 Å². The quantitative estimate of drug-likeness (QED) is 0.739. The Morgan fingerprint density at radius 2 is 2.12 bits per heavy atom. The maximum absolute atomic E-state index is 13.9. The summed E-state index contributed by atoms with van der Waals surface area (Å²) in [5.74, 6) is 0.506. The van der Waals surface area contributed by atoms with Gasteiger partial charge in [-0.3, -0.25) is 0 Å². The number of rotatable bonds is 5. The number of hydrogen-bond acceptors (Lipinski definition) is 1. The summed E-state index contributed by atoms with van der Waals surface area (Å²) in [4.78, 5) is 0.429. The molecule has 1 aromatic rings. The van der Waals surface area contributed by atoms with Crippen LogP contribution < -0.4 is 4.74 Å². The predicted molar refractivity (Wildman–Crippen MR) is 68.8 cm³/mol. The zero-order valence-corrected chi connectivity index (χ0v) is 11.6. The van der Waals surface area contributed by atoms with Crippen LogP contribution in [0.5, 0.6) is 5.75 Å². The minimum absolute atomic E-state index is 0.229. The van der Waals surface area contributed by atoms with Gasteiger partial charge in [0.2, 0.25) is 0 Å². The number of methoxy groups -OCH3 is 1. The largest absolute Gasteiger partial charge is 0.494 e. The van der Waals surface area contributed by atoms with Crippen LogP contribution in [-0.2, 0) is 6.42 Å². The lowest BCUT2D eigenvalue weighted by Gasteiger charge is -2.17. The van der Waals surface area contributed by atoms with Crippen LogP contribution in [0, 0.1) is 11.7 Å². The Morgan fingerprint density at radius 1 is 1.44 bits per heavy atom. The van der Waals surface area contributed by atoms with Crippen LogP contribution in [0.4, 0.5) is 4.39 Å². The molecule has 0 aromatic heterocycles. The van der Waals surface area contributed by atoms with Crippen LogP contribution in [0.2, 0.25) is 0 Å². The zero-order valence-electron chi connectivity index (χ0n) is 9.97. The minimum Gasteiger partial charge on any atom is -0.494 e. The van der Waals surface area contributed by atoms with Crippen molar-refractivity contribution in [3.05, 3.63) is 29.6 Å². The average molecular weight is 289 g/mol. The van der Waals surface area contributed by atoms with Gasteiger partial charge in [-0.25, -0.2) is 4.39 Å². The van der Waals surface area contributed by atoms with Crippen molar-refractivity contribution in [1.82, 2.24) is 0 Å². The van der Waals surface area contributed by atoms with Crippen LogP contribution in [-0.4, -0.2) is 11.9 Å². The maximum atomic E-state index is 13.9. The monoisotopic (exact) mass is 288 g/mol. The van der Waals surface area contributed by atoms with E-state index in [2.05, 4.69) is 29.8 Å². The molecule has 1 aromatic carbocycles. The van der Waals surface area contributed by atoms with Crippen LogP contribution >= 0.6 is 15.9 Å². The van der Waals surface area contributed by atoms with E-state index in [1.807, 2.05) is 12.1 Å². The highest BCUT2D eigenvalue weighted by atomic mass is 79.9. The highest BCUT2D eigenvalue weighted by Crippen LogP contribution is 2.25. The molecule has 0 amide bonds.